The molecule has 4 heterocycles. The van der Waals surface area contributed by atoms with Gasteiger partial charge in [-0.1, -0.05) is 36.4 Å². The zero-order chi connectivity index (χ0) is 15.7. The molecule has 2 nitrogen and oxygen atoms in total. The Hall–Kier alpha value is -2.56. The molecule has 4 heteroatoms. The molecule has 0 saturated carbocycles. The SMILES string of the molecule is c1coc(-n2c3sc4ccccc4c3c3sc4ccccc4c32)c1. The quantitative estimate of drug-likeness (QED) is 0.320. The average molecular weight is 345 g/mol. The molecule has 0 aliphatic carbocycles. The van der Waals surface area contributed by atoms with E-state index in [1.54, 1.807) is 6.26 Å². The monoisotopic (exact) mass is 345 g/mol. The van der Waals surface area contributed by atoms with Gasteiger partial charge in [0.1, 0.15) is 4.83 Å². The molecular formula is C20H11NOS2. The number of thiophene rings is 2. The van der Waals surface area contributed by atoms with E-state index in [-0.39, 0.29) is 0 Å². The van der Waals surface area contributed by atoms with Crippen molar-refractivity contribution in [1.29, 1.82) is 0 Å². The highest BCUT2D eigenvalue weighted by Gasteiger charge is 2.22. The van der Waals surface area contributed by atoms with E-state index in [4.69, 9.17) is 4.42 Å². The van der Waals surface area contributed by atoms with Crippen LogP contribution in [0.4, 0.5) is 0 Å². The summed E-state index contributed by atoms with van der Waals surface area (Å²) in [6, 6.07) is 21.3. The van der Waals surface area contributed by atoms with Crippen molar-refractivity contribution in [3.63, 3.8) is 0 Å². The van der Waals surface area contributed by atoms with Crippen molar-refractivity contribution in [2.24, 2.45) is 0 Å². The van der Waals surface area contributed by atoms with Crippen LogP contribution in [-0.4, -0.2) is 4.57 Å². The van der Waals surface area contributed by atoms with Crippen LogP contribution in [0.5, 0.6) is 0 Å². The van der Waals surface area contributed by atoms with Crippen LogP contribution in [0.2, 0.25) is 0 Å². The van der Waals surface area contributed by atoms with Gasteiger partial charge in [0.2, 0.25) is 5.88 Å². The lowest BCUT2D eigenvalue weighted by atomic mass is 10.2. The third-order valence-corrected chi connectivity index (χ3v) is 6.86. The number of fused-ring (bicyclic) bond motifs is 7. The van der Waals surface area contributed by atoms with Crippen LogP contribution in [0.15, 0.2) is 71.3 Å². The van der Waals surface area contributed by atoms with Gasteiger partial charge in [-0.2, -0.15) is 0 Å². The van der Waals surface area contributed by atoms with Crippen LogP contribution in [0, 0.1) is 0 Å². The van der Waals surface area contributed by atoms with E-state index in [1.165, 1.54) is 40.6 Å². The second-order valence-electron chi connectivity index (χ2n) is 5.84. The van der Waals surface area contributed by atoms with Gasteiger partial charge in [0.15, 0.2) is 0 Å². The van der Waals surface area contributed by atoms with Crippen molar-refractivity contribution in [2.45, 2.75) is 0 Å². The summed E-state index contributed by atoms with van der Waals surface area (Å²) in [5, 5.41) is 3.98. The van der Waals surface area contributed by atoms with Crippen LogP contribution in [0.1, 0.15) is 0 Å². The number of benzene rings is 2. The van der Waals surface area contributed by atoms with Crippen molar-refractivity contribution in [1.82, 2.24) is 4.57 Å². The Labute approximate surface area is 145 Å². The number of hydrogen-bond acceptors (Lipinski definition) is 3. The molecule has 0 radical (unpaired) electrons. The zero-order valence-corrected chi connectivity index (χ0v) is 14.2. The number of furan rings is 1. The van der Waals surface area contributed by atoms with Gasteiger partial charge in [-0.15, -0.1) is 22.7 Å². The summed E-state index contributed by atoms with van der Waals surface area (Å²) in [6.45, 7) is 0. The first-order chi connectivity index (χ1) is 11.9. The predicted molar refractivity (Wildman–Crippen MR) is 104 cm³/mol. The summed E-state index contributed by atoms with van der Waals surface area (Å²) in [6.07, 6.45) is 1.74. The Morgan fingerprint density at radius 2 is 1.50 bits per heavy atom. The lowest BCUT2D eigenvalue weighted by molar-refractivity contribution is 0.547. The van der Waals surface area contributed by atoms with Crippen LogP contribution in [-0.2, 0) is 0 Å². The van der Waals surface area contributed by atoms with Gasteiger partial charge in [0, 0.05) is 31.6 Å². The van der Waals surface area contributed by atoms with Gasteiger partial charge in [-0.25, -0.2) is 0 Å². The standard InChI is InChI=1S/C20H11NOS2/c1-3-8-14-12(6-1)17-19-18(13-7-2-4-9-15(13)23-19)21(20(17)24-14)16-10-5-11-22-16/h1-11H. The third kappa shape index (κ3) is 1.50. The van der Waals surface area contributed by atoms with Crippen LogP contribution < -0.4 is 0 Å². The molecule has 0 bridgehead atoms. The van der Waals surface area contributed by atoms with Gasteiger partial charge in [-0.3, -0.25) is 4.57 Å². The maximum Gasteiger partial charge on any atom is 0.204 e. The normalized spacial score (nSPS) is 12.2. The fourth-order valence-electron chi connectivity index (χ4n) is 3.54. The second-order valence-corrected chi connectivity index (χ2v) is 7.92. The maximum absolute atomic E-state index is 5.78. The van der Waals surface area contributed by atoms with E-state index in [9.17, 15) is 0 Å². The van der Waals surface area contributed by atoms with Gasteiger partial charge < -0.3 is 4.42 Å². The highest BCUT2D eigenvalue weighted by molar-refractivity contribution is 7.30. The maximum atomic E-state index is 5.78. The largest absolute Gasteiger partial charge is 0.448 e. The fraction of sp³-hybridized carbons (Fsp3) is 0. The highest BCUT2D eigenvalue weighted by Crippen LogP contribution is 2.47. The molecule has 0 atom stereocenters. The summed E-state index contributed by atoms with van der Waals surface area (Å²) in [5.41, 5.74) is 1.26. The van der Waals surface area contributed by atoms with Crippen molar-refractivity contribution >= 4 is 63.3 Å². The van der Waals surface area contributed by atoms with Crippen LogP contribution in [0.25, 0.3) is 46.5 Å². The molecule has 2 aromatic carbocycles. The first-order valence-electron chi connectivity index (χ1n) is 7.79. The number of nitrogens with zero attached hydrogens (tertiary/aromatic N) is 1. The Balaban J connectivity index is 1.97. The molecule has 0 saturated heterocycles. The molecule has 24 heavy (non-hydrogen) atoms. The zero-order valence-electron chi connectivity index (χ0n) is 12.5. The Morgan fingerprint density at radius 1 is 0.750 bits per heavy atom. The minimum atomic E-state index is 0.880. The highest BCUT2D eigenvalue weighted by atomic mass is 32.1. The average Bonchev–Trinajstić information content (AvgIpc) is 3.35. The number of rotatable bonds is 1. The van der Waals surface area contributed by atoms with Crippen molar-refractivity contribution in [3.8, 4) is 5.88 Å². The van der Waals surface area contributed by atoms with E-state index >= 15 is 0 Å². The van der Waals surface area contributed by atoms with Gasteiger partial charge in [-0.05, 0) is 18.2 Å². The Kier molecular flexibility index (Phi) is 2.40. The summed E-state index contributed by atoms with van der Waals surface area (Å²) in [5.74, 6) is 0.880. The molecule has 6 rings (SSSR count). The molecule has 0 aliphatic rings. The number of hydrogen-bond donors (Lipinski definition) is 0. The molecule has 0 unspecified atom stereocenters. The first kappa shape index (κ1) is 12.8. The van der Waals surface area contributed by atoms with E-state index in [2.05, 4.69) is 53.1 Å². The molecule has 0 spiro atoms. The van der Waals surface area contributed by atoms with E-state index in [1.807, 2.05) is 34.8 Å². The molecular weight excluding hydrogens is 334 g/mol. The smallest absolute Gasteiger partial charge is 0.204 e. The summed E-state index contributed by atoms with van der Waals surface area (Å²) < 4.78 is 12.1. The molecule has 4 aromatic heterocycles. The Morgan fingerprint density at radius 3 is 2.29 bits per heavy atom. The molecule has 114 valence electrons. The van der Waals surface area contributed by atoms with Crippen LogP contribution in [0.3, 0.4) is 0 Å². The summed E-state index contributed by atoms with van der Waals surface area (Å²) in [7, 11) is 0. The summed E-state index contributed by atoms with van der Waals surface area (Å²) >= 11 is 3.71. The van der Waals surface area contributed by atoms with E-state index < -0.39 is 0 Å². The van der Waals surface area contributed by atoms with Gasteiger partial charge in [0.25, 0.3) is 0 Å². The topological polar surface area (TPSA) is 18.1 Å². The number of aromatic nitrogens is 1. The Bertz CT molecular complexity index is 1350. The minimum Gasteiger partial charge on any atom is -0.448 e. The molecule has 6 aromatic rings. The molecule has 0 fully saturated rings. The van der Waals surface area contributed by atoms with Crippen LogP contribution >= 0.6 is 22.7 Å². The lowest BCUT2D eigenvalue weighted by Gasteiger charge is -2.01. The second kappa shape index (κ2) is 4.50. The third-order valence-electron chi connectivity index (χ3n) is 4.53. The lowest BCUT2D eigenvalue weighted by Crippen LogP contribution is -1.89. The molecule has 0 amide bonds. The summed E-state index contributed by atoms with van der Waals surface area (Å²) in [4.78, 5) is 1.26. The van der Waals surface area contributed by atoms with Gasteiger partial charge in [0.05, 0.1) is 16.5 Å². The predicted octanol–water partition coefficient (Wildman–Crippen LogP) is 6.81. The molecule has 0 aliphatic heterocycles. The first-order valence-corrected chi connectivity index (χ1v) is 9.42. The van der Waals surface area contributed by atoms with Crippen molar-refractivity contribution < 1.29 is 4.42 Å². The van der Waals surface area contributed by atoms with Gasteiger partial charge >= 0.3 is 0 Å². The molecule has 0 N–H and O–H groups in total. The minimum absolute atomic E-state index is 0.880. The van der Waals surface area contributed by atoms with E-state index in [0.717, 1.165) is 5.88 Å². The van der Waals surface area contributed by atoms with Crippen molar-refractivity contribution in [2.75, 3.05) is 0 Å². The van der Waals surface area contributed by atoms with E-state index in [0.29, 0.717) is 0 Å². The van der Waals surface area contributed by atoms with Crippen molar-refractivity contribution in [3.05, 3.63) is 66.9 Å². The fourth-order valence-corrected chi connectivity index (χ4v) is 6.08.